The van der Waals surface area contributed by atoms with Crippen molar-refractivity contribution in [3.05, 3.63) is 48.2 Å². The Hall–Kier alpha value is -1.52. The lowest BCUT2D eigenvalue weighted by Crippen LogP contribution is -2.16. The number of furan rings is 1. The van der Waals surface area contributed by atoms with Crippen LogP contribution >= 0.6 is 0 Å². The number of nitrogens with one attached hydrogen (secondary N) is 1. The zero-order valence-electron chi connectivity index (χ0n) is 10.8. The second-order valence-electron chi connectivity index (χ2n) is 4.35. The van der Waals surface area contributed by atoms with Crippen LogP contribution < -0.4 is 5.32 Å². The van der Waals surface area contributed by atoms with Gasteiger partial charge in [-0.15, -0.1) is 0 Å². The number of nitrogens with zero attached hydrogens (tertiary/aromatic N) is 1. The van der Waals surface area contributed by atoms with E-state index in [1.54, 1.807) is 6.26 Å². The van der Waals surface area contributed by atoms with Gasteiger partial charge in [-0.05, 0) is 36.7 Å². The zero-order valence-corrected chi connectivity index (χ0v) is 10.8. The van der Waals surface area contributed by atoms with Gasteiger partial charge in [-0.3, -0.25) is 0 Å². The van der Waals surface area contributed by atoms with Crippen LogP contribution in [0.3, 0.4) is 0 Å². The summed E-state index contributed by atoms with van der Waals surface area (Å²) in [5.74, 6) is 0.882. The number of aryl methyl sites for hydroxylation is 1. The minimum atomic E-state index is 0.561. The van der Waals surface area contributed by atoms with E-state index < -0.39 is 0 Å². The first-order chi connectivity index (χ1) is 8.84. The number of aromatic nitrogens is 1. The first-order valence-electron chi connectivity index (χ1n) is 6.26. The monoisotopic (exact) mass is 248 g/mol. The molecule has 0 bridgehead atoms. The molecule has 0 saturated heterocycles. The molecule has 0 fully saturated rings. The van der Waals surface area contributed by atoms with Crippen molar-refractivity contribution in [2.24, 2.45) is 7.05 Å². The topological polar surface area (TPSA) is 39.3 Å². The molecule has 0 saturated carbocycles. The summed E-state index contributed by atoms with van der Waals surface area (Å²) < 4.78 is 12.7. The lowest BCUT2D eigenvalue weighted by Gasteiger charge is -2.04. The molecule has 2 rings (SSSR count). The Balaban J connectivity index is 1.46. The number of rotatable bonds is 8. The van der Waals surface area contributed by atoms with Crippen molar-refractivity contribution >= 4 is 0 Å². The van der Waals surface area contributed by atoms with Crippen molar-refractivity contribution in [1.82, 2.24) is 9.88 Å². The number of hydrogen-bond donors (Lipinski definition) is 1. The Kier molecular flexibility index (Phi) is 5.05. The van der Waals surface area contributed by atoms with Crippen molar-refractivity contribution in [2.75, 3.05) is 13.2 Å². The average Bonchev–Trinajstić information content (AvgIpc) is 3.00. The first-order valence-corrected chi connectivity index (χ1v) is 6.26. The third kappa shape index (κ3) is 4.39. The summed E-state index contributed by atoms with van der Waals surface area (Å²) >= 11 is 0. The molecule has 4 nitrogen and oxygen atoms in total. The van der Waals surface area contributed by atoms with Gasteiger partial charge in [0.25, 0.3) is 0 Å². The highest BCUT2D eigenvalue weighted by Gasteiger charge is 1.96. The molecule has 0 aromatic carbocycles. The van der Waals surface area contributed by atoms with Gasteiger partial charge in [0.1, 0.15) is 12.4 Å². The maximum atomic E-state index is 5.50. The third-order valence-corrected chi connectivity index (χ3v) is 2.69. The van der Waals surface area contributed by atoms with Crippen LogP contribution in [0.2, 0.25) is 0 Å². The summed E-state index contributed by atoms with van der Waals surface area (Å²) in [5, 5.41) is 3.39. The molecule has 4 heteroatoms. The van der Waals surface area contributed by atoms with Crippen molar-refractivity contribution in [3.8, 4) is 0 Å². The van der Waals surface area contributed by atoms with Gasteiger partial charge in [0, 0.05) is 32.6 Å². The van der Waals surface area contributed by atoms with Crippen molar-refractivity contribution < 1.29 is 9.15 Å². The molecule has 0 unspecified atom stereocenters. The molecule has 0 aliphatic rings. The van der Waals surface area contributed by atoms with Crippen LogP contribution in [0, 0.1) is 0 Å². The molecule has 2 aromatic rings. The average molecular weight is 248 g/mol. The second kappa shape index (κ2) is 7.03. The fourth-order valence-electron chi connectivity index (χ4n) is 1.76. The Morgan fingerprint density at radius 2 is 2.33 bits per heavy atom. The van der Waals surface area contributed by atoms with E-state index in [0.29, 0.717) is 6.61 Å². The van der Waals surface area contributed by atoms with Crippen LogP contribution in [0.25, 0.3) is 0 Å². The van der Waals surface area contributed by atoms with Crippen LogP contribution in [-0.4, -0.2) is 17.7 Å². The van der Waals surface area contributed by atoms with E-state index in [9.17, 15) is 0 Å². The minimum Gasteiger partial charge on any atom is -0.467 e. The van der Waals surface area contributed by atoms with Crippen molar-refractivity contribution in [3.63, 3.8) is 0 Å². The van der Waals surface area contributed by atoms with Gasteiger partial charge in [0.15, 0.2) is 0 Å². The Labute approximate surface area is 108 Å². The van der Waals surface area contributed by atoms with Crippen LogP contribution in [0.5, 0.6) is 0 Å². The van der Waals surface area contributed by atoms with E-state index >= 15 is 0 Å². The predicted molar refractivity (Wildman–Crippen MR) is 70.1 cm³/mol. The van der Waals surface area contributed by atoms with E-state index in [1.165, 1.54) is 5.56 Å². The maximum absolute atomic E-state index is 5.50. The highest BCUT2D eigenvalue weighted by Crippen LogP contribution is 2.02. The number of hydrogen-bond acceptors (Lipinski definition) is 3. The molecular formula is C14H20N2O2. The van der Waals surface area contributed by atoms with Gasteiger partial charge < -0.3 is 19.0 Å². The maximum Gasteiger partial charge on any atom is 0.129 e. The summed E-state index contributed by atoms with van der Waals surface area (Å²) in [5.41, 5.74) is 1.31. The van der Waals surface area contributed by atoms with Gasteiger partial charge in [-0.25, -0.2) is 0 Å². The van der Waals surface area contributed by atoms with E-state index in [0.717, 1.165) is 31.9 Å². The fraction of sp³-hybridized carbons (Fsp3) is 0.429. The minimum absolute atomic E-state index is 0.561. The van der Waals surface area contributed by atoms with Crippen LogP contribution in [0.15, 0.2) is 41.3 Å². The van der Waals surface area contributed by atoms with Crippen LogP contribution in [-0.2, 0) is 24.9 Å². The molecule has 0 aliphatic heterocycles. The van der Waals surface area contributed by atoms with E-state index in [1.807, 2.05) is 19.2 Å². The van der Waals surface area contributed by atoms with E-state index in [2.05, 4.69) is 28.3 Å². The zero-order chi connectivity index (χ0) is 12.6. The SMILES string of the molecule is Cn1ccc(CNCCCOCc2ccco2)c1. The molecule has 2 heterocycles. The summed E-state index contributed by atoms with van der Waals surface area (Å²) in [7, 11) is 2.03. The molecule has 2 aromatic heterocycles. The highest BCUT2D eigenvalue weighted by molar-refractivity contribution is 5.09. The molecule has 0 amide bonds. The van der Waals surface area contributed by atoms with Gasteiger partial charge in [0.05, 0.1) is 6.26 Å². The van der Waals surface area contributed by atoms with Gasteiger partial charge in [-0.2, -0.15) is 0 Å². The van der Waals surface area contributed by atoms with E-state index in [4.69, 9.17) is 9.15 Å². The van der Waals surface area contributed by atoms with Crippen LogP contribution in [0.1, 0.15) is 17.7 Å². The van der Waals surface area contributed by atoms with Crippen molar-refractivity contribution in [1.29, 1.82) is 0 Å². The highest BCUT2D eigenvalue weighted by atomic mass is 16.5. The standard InChI is InChI=1S/C14H20N2O2/c1-16-7-5-13(11-16)10-15-6-3-8-17-12-14-4-2-9-18-14/h2,4-5,7,9,11,15H,3,6,8,10,12H2,1H3. The van der Waals surface area contributed by atoms with Gasteiger partial charge in [0.2, 0.25) is 0 Å². The first kappa shape index (κ1) is 12.9. The summed E-state index contributed by atoms with van der Waals surface area (Å²) in [6.45, 7) is 3.19. The molecular weight excluding hydrogens is 228 g/mol. The molecule has 0 spiro atoms. The molecule has 0 aliphatic carbocycles. The molecule has 1 N–H and O–H groups in total. The summed E-state index contributed by atoms with van der Waals surface area (Å²) in [6.07, 6.45) is 6.86. The summed E-state index contributed by atoms with van der Waals surface area (Å²) in [4.78, 5) is 0. The van der Waals surface area contributed by atoms with E-state index in [-0.39, 0.29) is 0 Å². The van der Waals surface area contributed by atoms with Crippen LogP contribution in [0.4, 0.5) is 0 Å². The van der Waals surface area contributed by atoms with Crippen molar-refractivity contribution in [2.45, 2.75) is 19.6 Å². The molecule has 98 valence electrons. The van der Waals surface area contributed by atoms with Gasteiger partial charge >= 0.3 is 0 Å². The molecule has 0 radical (unpaired) electrons. The quantitative estimate of drug-likeness (QED) is 0.729. The Morgan fingerprint density at radius 1 is 1.39 bits per heavy atom. The Bertz CT molecular complexity index is 434. The predicted octanol–water partition coefficient (Wildman–Crippen LogP) is 2.31. The summed E-state index contributed by atoms with van der Waals surface area (Å²) in [6, 6.07) is 5.92. The third-order valence-electron chi connectivity index (χ3n) is 2.69. The second-order valence-corrected chi connectivity index (χ2v) is 4.35. The lowest BCUT2D eigenvalue weighted by molar-refractivity contribution is 0.104. The lowest BCUT2D eigenvalue weighted by atomic mass is 10.3. The molecule has 18 heavy (non-hydrogen) atoms. The smallest absolute Gasteiger partial charge is 0.129 e. The largest absolute Gasteiger partial charge is 0.467 e. The molecule has 0 atom stereocenters. The number of ether oxygens (including phenoxy) is 1. The normalized spacial score (nSPS) is 10.9. The fourth-order valence-corrected chi connectivity index (χ4v) is 1.76. The van der Waals surface area contributed by atoms with Gasteiger partial charge in [-0.1, -0.05) is 0 Å². The Morgan fingerprint density at radius 3 is 3.06 bits per heavy atom.